The molecule has 0 aliphatic carbocycles. The van der Waals surface area contributed by atoms with Gasteiger partial charge in [0.05, 0.1) is 31.1 Å². The average Bonchev–Trinajstić information content (AvgIpc) is 3.18. The molecule has 4 rings (SSSR count). The van der Waals surface area contributed by atoms with E-state index in [4.69, 9.17) is 4.74 Å². The van der Waals surface area contributed by atoms with E-state index in [1.54, 1.807) is 7.11 Å². The van der Waals surface area contributed by atoms with Crippen LogP contribution in [0.15, 0.2) is 59.6 Å². The summed E-state index contributed by atoms with van der Waals surface area (Å²) in [7, 11) is -1.47. The molecule has 2 aliphatic heterocycles. The SMILES string of the molecule is COc1ccccc1CC(=O)N=C1S[C@H]2CS(=O)(=O)C[C@H]2N1CCc1ccccc1. The number of amidine groups is 1. The van der Waals surface area contributed by atoms with Crippen molar-refractivity contribution >= 4 is 32.7 Å². The number of aliphatic imine (C=N–C) groups is 1. The second kappa shape index (κ2) is 8.81. The number of para-hydroxylation sites is 1. The predicted octanol–water partition coefficient (Wildman–Crippen LogP) is 2.58. The molecule has 0 aromatic heterocycles. The molecule has 2 saturated heterocycles. The molecule has 1 amide bonds. The maximum Gasteiger partial charge on any atom is 0.252 e. The Morgan fingerprint density at radius 2 is 1.87 bits per heavy atom. The molecule has 0 saturated carbocycles. The normalized spacial score (nSPS) is 23.5. The standard InChI is InChI=1S/C22H24N2O4S2/c1-28-19-10-6-5-9-17(19)13-21(25)23-22-24(12-11-16-7-3-2-4-8-16)18-14-30(26,27)15-20(18)29-22/h2-10,18,20H,11-15H2,1H3/t18-,20+/m1/s1. The van der Waals surface area contributed by atoms with Crippen molar-refractivity contribution in [2.45, 2.75) is 24.1 Å². The average molecular weight is 445 g/mol. The Morgan fingerprint density at radius 1 is 1.13 bits per heavy atom. The number of benzene rings is 2. The highest BCUT2D eigenvalue weighted by atomic mass is 32.2. The van der Waals surface area contributed by atoms with Crippen LogP contribution in [0, 0.1) is 0 Å². The Morgan fingerprint density at radius 3 is 2.63 bits per heavy atom. The number of nitrogens with zero attached hydrogens (tertiary/aromatic N) is 2. The van der Waals surface area contributed by atoms with Gasteiger partial charge in [0.1, 0.15) is 5.75 Å². The number of thioether (sulfide) groups is 1. The monoisotopic (exact) mass is 444 g/mol. The fourth-order valence-corrected chi connectivity index (χ4v) is 7.94. The third-order valence-electron chi connectivity index (χ3n) is 5.41. The van der Waals surface area contributed by atoms with Crippen molar-refractivity contribution in [3.05, 3.63) is 65.7 Å². The molecule has 0 N–H and O–H groups in total. The third kappa shape index (κ3) is 4.70. The van der Waals surface area contributed by atoms with Crippen molar-refractivity contribution < 1.29 is 17.9 Å². The molecule has 0 spiro atoms. The second-order valence-corrected chi connectivity index (χ2v) is 10.9. The van der Waals surface area contributed by atoms with E-state index in [0.717, 1.165) is 12.0 Å². The van der Waals surface area contributed by atoms with E-state index in [0.29, 0.717) is 17.5 Å². The lowest BCUT2D eigenvalue weighted by Crippen LogP contribution is -2.39. The van der Waals surface area contributed by atoms with Crippen LogP contribution in [0.5, 0.6) is 5.75 Å². The number of carbonyl (C=O) groups excluding carboxylic acids is 1. The lowest BCUT2D eigenvalue weighted by molar-refractivity contribution is -0.117. The molecule has 2 aromatic rings. The Kier molecular flexibility index (Phi) is 6.15. The molecular formula is C22H24N2O4S2. The second-order valence-electron chi connectivity index (χ2n) is 7.51. The first kappa shape index (κ1) is 20.9. The van der Waals surface area contributed by atoms with Crippen molar-refractivity contribution in [2.24, 2.45) is 4.99 Å². The van der Waals surface area contributed by atoms with E-state index in [1.807, 2.05) is 47.4 Å². The summed E-state index contributed by atoms with van der Waals surface area (Å²) in [4.78, 5) is 19.1. The molecule has 0 radical (unpaired) electrons. The van der Waals surface area contributed by atoms with Gasteiger partial charge in [-0.2, -0.15) is 4.99 Å². The number of amides is 1. The van der Waals surface area contributed by atoms with Crippen molar-refractivity contribution in [3.8, 4) is 5.75 Å². The van der Waals surface area contributed by atoms with Crippen LogP contribution in [-0.4, -0.2) is 60.8 Å². The summed E-state index contributed by atoms with van der Waals surface area (Å²) in [6, 6.07) is 17.3. The van der Waals surface area contributed by atoms with E-state index < -0.39 is 9.84 Å². The van der Waals surface area contributed by atoms with Crippen LogP contribution in [0.4, 0.5) is 0 Å². The van der Waals surface area contributed by atoms with Gasteiger partial charge in [0, 0.05) is 17.4 Å². The van der Waals surface area contributed by atoms with E-state index in [2.05, 4.69) is 17.1 Å². The van der Waals surface area contributed by atoms with Crippen LogP contribution in [-0.2, 0) is 27.5 Å². The number of methoxy groups -OCH3 is 1. The van der Waals surface area contributed by atoms with Crippen molar-refractivity contribution in [3.63, 3.8) is 0 Å². The van der Waals surface area contributed by atoms with Crippen LogP contribution in [0.1, 0.15) is 11.1 Å². The summed E-state index contributed by atoms with van der Waals surface area (Å²) in [5, 5.41) is 0.569. The summed E-state index contributed by atoms with van der Waals surface area (Å²) < 4.78 is 29.6. The van der Waals surface area contributed by atoms with Crippen LogP contribution in [0.3, 0.4) is 0 Å². The largest absolute Gasteiger partial charge is 0.496 e. The van der Waals surface area contributed by atoms with E-state index in [9.17, 15) is 13.2 Å². The molecule has 6 nitrogen and oxygen atoms in total. The number of fused-ring (bicyclic) bond motifs is 1. The molecule has 2 heterocycles. The summed E-state index contributed by atoms with van der Waals surface area (Å²) >= 11 is 1.42. The molecule has 2 atom stereocenters. The number of hydrogen-bond donors (Lipinski definition) is 0. The quantitative estimate of drug-likeness (QED) is 0.682. The Bertz CT molecular complexity index is 1050. The van der Waals surface area contributed by atoms with Crippen molar-refractivity contribution in [2.75, 3.05) is 25.2 Å². The molecule has 8 heteroatoms. The highest BCUT2D eigenvalue weighted by Crippen LogP contribution is 2.38. The van der Waals surface area contributed by atoms with Gasteiger partial charge in [0.2, 0.25) is 0 Å². The Hall–Kier alpha value is -2.32. The van der Waals surface area contributed by atoms with Crippen LogP contribution in [0.2, 0.25) is 0 Å². The molecule has 2 aromatic carbocycles. The van der Waals surface area contributed by atoms with Crippen LogP contribution < -0.4 is 4.74 Å². The van der Waals surface area contributed by atoms with Crippen LogP contribution >= 0.6 is 11.8 Å². The summed E-state index contributed by atoms with van der Waals surface area (Å²) in [5.74, 6) is 0.673. The van der Waals surface area contributed by atoms with Gasteiger partial charge in [0.15, 0.2) is 15.0 Å². The highest BCUT2D eigenvalue weighted by molar-refractivity contribution is 8.15. The van der Waals surface area contributed by atoms with Gasteiger partial charge in [-0.05, 0) is 18.1 Å². The molecular weight excluding hydrogens is 420 g/mol. The zero-order chi connectivity index (χ0) is 21.1. The topological polar surface area (TPSA) is 76.0 Å². The first-order chi connectivity index (χ1) is 14.4. The number of carbonyl (C=O) groups is 1. The smallest absolute Gasteiger partial charge is 0.252 e. The molecule has 2 fully saturated rings. The molecule has 0 unspecified atom stereocenters. The Balaban J connectivity index is 1.53. The summed E-state index contributed by atoms with van der Waals surface area (Å²) in [6.07, 6.45) is 0.915. The van der Waals surface area contributed by atoms with E-state index >= 15 is 0 Å². The minimum Gasteiger partial charge on any atom is -0.496 e. The zero-order valence-electron chi connectivity index (χ0n) is 16.7. The third-order valence-corrected chi connectivity index (χ3v) is 8.66. The predicted molar refractivity (Wildman–Crippen MR) is 120 cm³/mol. The van der Waals surface area contributed by atoms with Gasteiger partial charge in [-0.15, -0.1) is 0 Å². The first-order valence-corrected chi connectivity index (χ1v) is 12.6. The van der Waals surface area contributed by atoms with Gasteiger partial charge in [-0.1, -0.05) is 60.3 Å². The highest BCUT2D eigenvalue weighted by Gasteiger charge is 2.48. The lowest BCUT2D eigenvalue weighted by atomic mass is 10.1. The van der Waals surface area contributed by atoms with Gasteiger partial charge in [-0.25, -0.2) is 8.42 Å². The van der Waals surface area contributed by atoms with Crippen molar-refractivity contribution in [1.82, 2.24) is 4.90 Å². The van der Waals surface area contributed by atoms with E-state index in [1.165, 1.54) is 17.3 Å². The van der Waals surface area contributed by atoms with Crippen LogP contribution in [0.25, 0.3) is 0 Å². The minimum atomic E-state index is -3.05. The summed E-state index contributed by atoms with van der Waals surface area (Å²) in [5.41, 5.74) is 1.96. The van der Waals surface area contributed by atoms with Gasteiger partial charge in [0.25, 0.3) is 5.91 Å². The van der Waals surface area contributed by atoms with Crippen molar-refractivity contribution in [1.29, 1.82) is 0 Å². The molecule has 158 valence electrons. The Labute approximate surface area is 181 Å². The fraction of sp³-hybridized carbons (Fsp3) is 0.364. The number of sulfone groups is 1. The molecule has 30 heavy (non-hydrogen) atoms. The number of hydrogen-bond acceptors (Lipinski definition) is 5. The molecule has 0 bridgehead atoms. The molecule has 2 aliphatic rings. The van der Waals surface area contributed by atoms with Gasteiger partial charge in [-0.3, -0.25) is 4.79 Å². The van der Waals surface area contributed by atoms with Gasteiger partial charge < -0.3 is 9.64 Å². The lowest BCUT2D eigenvalue weighted by Gasteiger charge is -2.24. The summed E-state index contributed by atoms with van der Waals surface area (Å²) in [6.45, 7) is 0.633. The zero-order valence-corrected chi connectivity index (χ0v) is 18.4. The first-order valence-electron chi connectivity index (χ1n) is 9.86. The number of ether oxygens (including phenoxy) is 1. The fourth-order valence-electron chi connectivity index (χ4n) is 3.95. The van der Waals surface area contributed by atoms with Gasteiger partial charge >= 0.3 is 0 Å². The maximum absolute atomic E-state index is 12.7. The number of rotatable bonds is 6. The minimum absolute atomic E-state index is 0.0661. The van der Waals surface area contributed by atoms with E-state index in [-0.39, 0.29) is 35.1 Å². The maximum atomic E-state index is 12.7.